The minimum Gasteiger partial charge on any atom is -0.383 e. The van der Waals surface area contributed by atoms with E-state index in [9.17, 15) is 4.79 Å². The third-order valence-corrected chi connectivity index (χ3v) is 1.95. The molecule has 64 valence electrons. The fourth-order valence-electron chi connectivity index (χ4n) is 1.03. The summed E-state index contributed by atoms with van der Waals surface area (Å²) in [5.41, 5.74) is 5.53. The Balaban J connectivity index is 2.15. The van der Waals surface area contributed by atoms with Crippen LogP contribution < -0.4 is 5.73 Å². The van der Waals surface area contributed by atoms with Gasteiger partial charge in [-0.15, -0.1) is 0 Å². The lowest BCUT2D eigenvalue weighted by molar-refractivity contribution is -0.121. The lowest BCUT2D eigenvalue weighted by atomic mass is 10.1. The first-order valence-electron chi connectivity index (χ1n) is 4.01. The molecule has 0 amide bonds. The first kappa shape index (κ1) is 8.68. The van der Waals surface area contributed by atoms with E-state index in [2.05, 4.69) is 0 Å². The number of nitrogens with two attached hydrogens (primary N) is 1. The Morgan fingerprint density at radius 3 is 2.82 bits per heavy atom. The fourth-order valence-corrected chi connectivity index (χ4v) is 1.03. The Morgan fingerprint density at radius 1 is 1.73 bits per heavy atom. The lowest BCUT2D eigenvalue weighted by Gasteiger charge is -2.07. The molecule has 1 atom stereocenters. The molecule has 0 heterocycles. The summed E-state index contributed by atoms with van der Waals surface area (Å²) in [6, 6.07) is -0.402. The first-order chi connectivity index (χ1) is 5.24. The number of carbonyl (C=O) groups is 1. The van der Waals surface area contributed by atoms with Gasteiger partial charge in [0.05, 0.1) is 12.6 Å². The summed E-state index contributed by atoms with van der Waals surface area (Å²) >= 11 is 0. The van der Waals surface area contributed by atoms with Gasteiger partial charge in [0.2, 0.25) is 0 Å². The molecule has 0 aromatic rings. The molecule has 0 unspecified atom stereocenters. The summed E-state index contributed by atoms with van der Waals surface area (Å²) in [4.78, 5) is 11.2. The molecule has 0 spiro atoms. The molecule has 0 aromatic carbocycles. The summed E-state index contributed by atoms with van der Waals surface area (Å²) < 4.78 is 4.78. The van der Waals surface area contributed by atoms with Gasteiger partial charge in [-0.1, -0.05) is 0 Å². The van der Waals surface area contributed by atoms with Crippen LogP contribution in [0.1, 0.15) is 19.3 Å². The second-order valence-electron chi connectivity index (χ2n) is 3.18. The zero-order valence-electron chi connectivity index (χ0n) is 6.88. The molecule has 1 aliphatic carbocycles. The number of methoxy groups -OCH3 is 1. The number of hydrogen-bond acceptors (Lipinski definition) is 3. The van der Waals surface area contributed by atoms with E-state index in [0.717, 1.165) is 0 Å². The van der Waals surface area contributed by atoms with Gasteiger partial charge >= 0.3 is 0 Å². The van der Waals surface area contributed by atoms with Gasteiger partial charge < -0.3 is 10.5 Å². The molecular weight excluding hydrogens is 142 g/mol. The van der Waals surface area contributed by atoms with E-state index >= 15 is 0 Å². The summed E-state index contributed by atoms with van der Waals surface area (Å²) in [6.07, 6.45) is 3.06. The molecular formula is C8H15NO2. The SMILES string of the molecule is COC[C@H](N)C(=O)CC1CC1. The molecule has 1 fully saturated rings. The third kappa shape index (κ3) is 2.99. The molecule has 1 aliphatic rings. The second kappa shape index (κ2) is 3.83. The molecule has 0 bridgehead atoms. The maximum atomic E-state index is 11.2. The van der Waals surface area contributed by atoms with Gasteiger partial charge in [-0.05, 0) is 18.8 Å². The van der Waals surface area contributed by atoms with Crippen molar-refractivity contribution in [3.63, 3.8) is 0 Å². The number of ether oxygens (including phenoxy) is 1. The van der Waals surface area contributed by atoms with E-state index in [1.807, 2.05) is 0 Å². The van der Waals surface area contributed by atoms with Crippen molar-refractivity contribution in [2.45, 2.75) is 25.3 Å². The van der Waals surface area contributed by atoms with Gasteiger partial charge in [0.25, 0.3) is 0 Å². The number of ketones is 1. The van der Waals surface area contributed by atoms with Crippen molar-refractivity contribution in [2.24, 2.45) is 11.7 Å². The zero-order chi connectivity index (χ0) is 8.27. The molecule has 1 rings (SSSR count). The lowest BCUT2D eigenvalue weighted by Crippen LogP contribution is -2.34. The fraction of sp³-hybridized carbons (Fsp3) is 0.875. The number of carbonyl (C=O) groups excluding carboxylic acids is 1. The van der Waals surface area contributed by atoms with E-state index in [-0.39, 0.29) is 5.78 Å². The van der Waals surface area contributed by atoms with Crippen molar-refractivity contribution < 1.29 is 9.53 Å². The quantitative estimate of drug-likeness (QED) is 0.625. The van der Waals surface area contributed by atoms with Gasteiger partial charge in [0.1, 0.15) is 0 Å². The van der Waals surface area contributed by atoms with Crippen LogP contribution in [0.2, 0.25) is 0 Å². The van der Waals surface area contributed by atoms with E-state index in [0.29, 0.717) is 18.9 Å². The van der Waals surface area contributed by atoms with E-state index in [4.69, 9.17) is 10.5 Å². The highest BCUT2D eigenvalue weighted by molar-refractivity contribution is 5.84. The molecule has 11 heavy (non-hydrogen) atoms. The van der Waals surface area contributed by atoms with Crippen LogP contribution >= 0.6 is 0 Å². The molecule has 2 N–H and O–H groups in total. The second-order valence-corrected chi connectivity index (χ2v) is 3.18. The van der Waals surface area contributed by atoms with Crippen LogP contribution in [0.5, 0.6) is 0 Å². The average molecular weight is 157 g/mol. The summed E-state index contributed by atoms with van der Waals surface area (Å²) in [7, 11) is 1.56. The van der Waals surface area contributed by atoms with Crippen LogP contribution in [0, 0.1) is 5.92 Å². The minimum absolute atomic E-state index is 0.148. The topological polar surface area (TPSA) is 52.3 Å². The molecule has 3 heteroatoms. The van der Waals surface area contributed by atoms with E-state index in [1.165, 1.54) is 12.8 Å². The van der Waals surface area contributed by atoms with Gasteiger partial charge in [0.15, 0.2) is 5.78 Å². The molecule has 0 aromatic heterocycles. The van der Waals surface area contributed by atoms with Gasteiger partial charge in [0, 0.05) is 13.5 Å². The van der Waals surface area contributed by atoms with Crippen LogP contribution in [0.15, 0.2) is 0 Å². The first-order valence-corrected chi connectivity index (χ1v) is 4.01. The van der Waals surface area contributed by atoms with Crippen molar-refractivity contribution >= 4 is 5.78 Å². The van der Waals surface area contributed by atoms with Gasteiger partial charge in [-0.2, -0.15) is 0 Å². The predicted molar refractivity (Wildman–Crippen MR) is 42.2 cm³/mol. The Kier molecular flexibility index (Phi) is 3.02. The Labute approximate surface area is 66.9 Å². The number of Topliss-reactive ketones (excluding diaryl/α,β-unsaturated/α-hetero) is 1. The molecule has 3 nitrogen and oxygen atoms in total. The smallest absolute Gasteiger partial charge is 0.152 e. The van der Waals surface area contributed by atoms with Crippen LogP contribution in [0.3, 0.4) is 0 Å². The number of rotatable bonds is 5. The molecule has 0 radical (unpaired) electrons. The summed E-state index contributed by atoms with van der Waals surface area (Å²) in [5, 5.41) is 0. The maximum Gasteiger partial charge on any atom is 0.152 e. The average Bonchev–Trinajstić information content (AvgIpc) is 2.72. The number of hydrogen-bond donors (Lipinski definition) is 1. The predicted octanol–water partition coefficient (Wildman–Crippen LogP) is 0.329. The van der Waals surface area contributed by atoms with Crippen molar-refractivity contribution in [3.8, 4) is 0 Å². The monoisotopic (exact) mass is 157 g/mol. The molecule has 0 saturated heterocycles. The largest absolute Gasteiger partial charge is 0.383 e. The normalized spacial score (nSPS) is 19.8. The van der Waals surface area contributed by atoms with Crippen molar-refractivity contribution in [2.75, 3.05) is 13.7 Å². The van der Waals surface area contributed by atoms with Crippen LogP contribution in [0.4, 0.5) is 0 Å². The van der Waals surface area contributed by atoms with Crippen molar-refractivity contribution in [3.05, 3.63) is 0 Å². The third-order valence-electron chi connectivity index (χ3n) is 1.95. The zero-order valence-corrected chi connectivity index (χ0v) is 6.88. The minimum atomic E-state index is -0.402. The van der Waals surface area contributed by atoms with Crippen molar-refractivity contribution in [1.29, 1.82) is 0 Å². The molecule has 0 aliphatic heterocycles. The highest BCUT2D eigenvalue weighted by atomic mass is 16.5. The maximum absolute atomic E-state index is 11.2. The van der Waals surface area contributed by atoms with Crippen LogP contribution in [-0.2, 0) is 9.53 Å². The molecule has 1 saturated carbocycles. The van der Waals surface area contributed by atoms with Gasteiger partial charge in [-0.25, -0.2) is 0 Å². The Hall–Kier alpha value is -0.410. The Morgan fingerprint density at radius 2 is 2.36 bits per heavy atom. The highest BCUT2D eigenvalue weighted by Gasteiger charge is 2.26. The Bertz CT molecular complexity index is 143. The van der Waals surface area contributed by atoms with Crippen LogP contribution in [-0.4, -0.2) is 25.5 Å². The standard InChI is InChI=1S/C8H15NO2/c1-11-5-7(9)8(10)4-6-2-3-6/h6-7H,2-5,9H2,1H3/t7-/m0/s1. The van der Waals surface area contributed by atoms with Crippen LogP contribution in [0.25, 0.3) is 0 Å². The van der Waals surface area contributed by atoms with Gasteiger partial charge in [-0.3, -0.25) is 4.79 Å². The van der Waals surface area contributed by atoms with E-state index in [1.54, 1.807) is 7.11 Å². The summed E-state index contributed by atoms with van der Waals surface area (Å²) in [6.45, 7) is 0.353. The highest BCUT2D eigenvalue weighted by Crippen LogP contribution is 2.32. The van der Waals surface area contributed by atoms with E-state index < -0.39 is 6.04 Å². The summed E-state index contributed by atoms with van der Waals surface area (Å²) in [5.74, 6) is 0.778. The van der Waals surface area contributed by atoms with Crippen molar-refractivity contribution in [1.82, 2.24) is 0 Å².